The number of ether oxygens (including phenoxy) is 2. The highest BCUT2D eigenvalue weighted by Gasteiger charge is 2.46. The van der Waals surface area contributed by atoms with Gasteiger partial charge in [0.25, 0.3) is 0 Å². The number of benzene rings is 1. The number of carboxylic acid groups (broad SMARTS) is 1. The van der Waals surface area contributed by atoms with Crippen molar-refractivity contribution in [1.82, 2.24) is 0 Å². The molecule has 1 fully saturated rings. The van der Waals surface area contributed by atoms with Gasteiger partial charge in [0.2, 0.25) is 0 Å². The smallest absolute Gasteiger partial charge is 0.304 e. The van der Waals surface area contributed by atoms with Crippen molar-refractivity contribution < 1.29 is 19.4 Å². The summed E-state index contributed by atoms with van der Waals surface area (Å²) in [6.45, 7) is 0.495. The summed E-state index contributed by atoms with van der Waals surface area (Å²) in [6.07, 6.45) is 2.07. The Balaban J connectivity index is 2.27. The fourth-order valence-corrected chi connectivity index (χ4v) is 2.36. The number of aliphatic carboxylic acids is 1. The summed E-state index contributed by atoms with van der Waals surface area (Å²) in [5, 5.41) is 8.96. The molecule has 0 radical (unpaired) electrons. The number of hydrogen-bond donors (Lipinski definition) is 1. The lowest BCUT2D eigenvalue weighted by Crippen LogP contribution is -2.13. The van der Waals surface area contributed by atoms with Gasteiger partial charge in [-0.05, 0) is 24.5 Å². The first kappa shape index (κ1) is 12.9. The van der Waals surface area contributed by atoms with Crippen LogP contribution in [0.4, 0.5) is 0 Å². The van der Waals surface area contributed by atoms with Crippen molar-refractivity contribution in [2.45, 2.75) is 31.3 Å². The Labute approximate surface area is 107 Å². The monoisotopic (exact) mass is 250 g/mol. The molecule has 0 unspecified atom stereocenters. The molecule has 0 bridgehead atoms. The maximum Gasteiger partial charge on any atom is 0.304 e. The topological polar surface area (TPSA) is 55.8 Å². The van der Waals surface area contributed by atoms with Crippen molar-refractivity contribution in [2.24, 2.45) is 0 Å². The number of rotatable bonds is 6. The highest BCUT2D eigenvalue weighted by atomic mass is 16.5. The molecule has 1 saturated carbocycles. The van der Waals surface area contributed by atoms with Gasteiger partial charge in [-0.1, -0.05) is 12.1 Å². The van der Waals surface area contributed by atoms with Crippen molar-refractivity contribution in [2.75, 3.05) is 14.2 Å². The molecule has 1 aromatic rings. The largest absolute Gasteiger partial charge is 0.496 e. The van der Waals surface area contributed by atoms with Crippen LogP contribution in [-0.4, -0.2) is 25.3 Å². The second-order valence-corrected chi connectivity index (χ2v) is 4.81. The van der Waals surface area contributed by atoms with Gasteiger partial charge in [-0.2, -0.15) is 0 Å². The van der Waals surface area contributed by atoms with Crippen LogP contribution in [0.1, 0.15) is 30.4 Å². The van der Waals surface area contributed by atoms with E-state index in [-0.39, 0.29) is 11.8 Å². The van der Waals surface area contributed by atoms with Gasteiger partial charge in [0.15, 0.2) is 0 Å². The minimum Gasteiger partial charge on any atom is -0.496 e. The van der Waals surface area contributed by atoms with Crippen LogP contribution >= 0.6 is 0 Å². The minimum atomic E-state index is -0.743. The van der Waals surface area contributed by atoms with E-state index in [0.717, 1.165) is 29.7 Å². The second-order valence-electron chi connectivity index (χ2n) is 4.81. The summed E-state index contributed by atoms with van der Waals surface area (Å²) in [5.74, 6) is 0.0263. The van der Waals surface area contributed by atoms with Crippen molar-refractivity contribution in [1.29, 1.82) is 0 Å². The number of carbonyl (C=O) groups is 1. The van der Waals surface area contributed by atoms with Gasteiger partial charge in [-0.25, -0.2) is 0 Å². The zero-order valence-electron chi connectivity index (χ0n) is 10.7. The molecule has 1 aromatic carbocycles. The van der Waals surface area contributed by atoms with Crippen molar-refractivity contribution in [3.8, 4) is 5.75 Å². The molecule has 4 nitrogen and oxygen atoms in total. The van der Waals surface area contributed by atoms with Crippen molar-refractivity contribution >= 4 is 5.97 Å². The van der Waals surface area contributed by atoms with E-state index in [1.807, 2.05) is 18.2 Å². The van der Waals surface area contributed by atoms with E-state index in [2.05, 4.69) is 0 Å². The Kier molecular flexibility index (Phi) is 3.57. The van der Waals surface area contributed by atoms with Crippen LogP contribution in [0.2, 0.25) is 0 Å². The van der Waals surface area contributed by atoms with E-state index in [9.17, 15) is 4.79 Å². The SMILES string of the molecule is COCc1ccc(C2(CC(=O)O)CC2)cc1OC. The normalized spacial score (nSPS) is 16.3. The van der Waals surface area contributed by atoms with Crippen LogP contribution in [0, 0.1) is 0 Å². The quantitative estimate of drug-likeness (QED) is 0.842. The summed E-state index contributed by atoms with van der Waals surface area (Å²) in [6, 6.07) is 5.90. The molecule has 98 valence electrons. The van der Waals surface area contributed by atoms with Gasteiger partial charge in [-0.3, -0.25) is 4.79 Å². The summed E-state index contributed by atoms with van der Waals surface area (Å²) < 4.78 is 10.4. The molecule has 0 aromatic heterocycles. The van der Waals surface area contributed by atoms with E-state index in [1.165, 1.54) is 0 Å². The van der Waals surface area contributed by atoms with Crippen LogP contribution in [-0.2, 0) is 21.6 Å². The highest BCUT2D eigenvalue weighted by Crippen LogP contribution is 2.51. The van der Waals surface area contributed by atoms with Crippen LogP contribution < -0.4 is 4.74 Å². The lowest BCUT2D eigenvalue weighted by Gasteiger charge is -2.16. The third-order valence-electron chi connectivity index (χ3n) is 3.54. The Morgan fingerprint density at radius 2 is 2.11 bits per heavy atom. The number of carboxylic acids is 1. The summed E-state index contributed by atoms with van der Waals surface area (Å²) in [5.41, 5.74) is 1.86. The molecule has 0 saturated heterocycles. The van der Waals surface area contributed by atoms with Crippen molar-refractivity contribution in [3.63, 3.8) is 0 Å². The molecule has 0 amide bonds. The second kappa shape index (κ2) is 4.98. The molecule has 0 atom stereocenters. The molecule has 18 heavy (non-hydrogen) atoms. The Hall–Kier alpha value is -1.55. The van der Waals surface area contributed by atoms with Crippen LogP contribution in [0.25, 0.3) is 0 Å². The van der Waals surface area contributed by atoms with E-state index in [4.69, 9.17) is 14.6 Å². The third kappa shape index (κ3) is 2.48. The van der Waals surface area contributed by atoms with Crippen LogP contribution in [0.5, 0.6) is 5.75 Å². The molecule has 0 spiro atoms. The standard InChI is InChI=1S/C14H18O4/c1-17-9-10-3-4-11(7-12(10)18-2)14(5-6-14)8-13(15)16/h3-4,7H,5-6,8-9H2,1-2H3,(H,15,16). The minimum absolute atomic E-state index is 0.176. The zero-order chi connectivity index (χ0) is 13.2. The van der Waals surface area contributed by atoms with Gasteiger partial charge in [0.05, 0.1) is 20.1 Å². The Bertz CT molecular complexity index is 449. The molecule has 1 N–H and O–H groups in total. The molecule has 0 aliphatic heterocycles. The molecular weight excluding hydrogens is 232 g/mol. The maximum absolute atomic E-state index is 10.9. The van der Waals surface area contributed by atoms with Gasteiger partial charge in [-0.15, -0.1) is 0 Å². The predicted molar refractivity (Wildman–Crippen MR) is 66.9 cm³/mol. The van der Waals surface area contributed by atoms with Gasteiger partial charge in [0.1, 0.15) is 5.75 Å². The fraction of sp³-hybridized carbons (Fsp3) is 0.500. The lowest BCUT2D eigenvalue weighted by molar-refractivity contribution is -0.137. The molecule has 1 aliphatic rings. The first-order valence-corrected chi connectivity index (χ1v) is 5.99. The Morgan fingerprint density at radius 1 is 1.39 bits per heavy atom. The van der Waals surface area contributed by atoms with E-state index in [1.54, 1.807) is 14.2 Å². The first-order valence-electron chi connectivity index (χ1n) is 5.99. The van der Waals surface area contributed by atoms with Gasteiger partial charge >= 0.3 is 5.97 Å². The summed E-state index contributed by atoms with van der Waals surface area (Å²) in [4.78, 5) is 10.9. The molecule has 4 heteroatoms. The van der Waals surface area contributed by atoms with Gasteiger partial charge < -0.3 is 14.6 Å². The number of hydrogen-bond acceptors (Lipinski definition) is 3. The van der Waals surface area contributed by atoms with E-state index >= 15 is 0 Å². The average Bonchev–Trinajstić information content (AvgIpc) is 3.10. The Morgan fingerprint density at radius 3 is 2.61 bits per heavy atom. The van der Waals surface area contributed by atoms with Crippen LogP contribution in [0.15, 0.2) is 18.2 Å². The van der Waals surface area contributed by atoms with E-state index in [0.29, 0.717) is 6.61 Å². The van der Waals surface area contributed by atoms with Crippen molar-refractivity contribution in [3.05, 3.63) is 29.3 Å². The number of methoxy groups -OCH3 is 2. The highest BCUT2D eigenvalue weighted by molar-refractivity contribution is 5.70. The first-order chi connectivity index (χ1) is 8.61. The predicted octanol–water partition coefficient (Wildman–Crippen LogP) is 2.35. The van der Waals surface area contributed by atoms with Gasteiger partial charge in [0, 0.05) is 18.1 Å². The molecular formula is C14H18O4. The fourth-order valence-electron chi connectivity index (χ4n) is 2.36. The van der Waals surface area contributed by atoms with Crippen LogP contribution in [0.3, 0.4) is 0 Å². The third-order valence-corrected chi connectivity index (χ3v) is 3.54. The average molecular weight is 250 g/mol. The molecule has 1 aliphatic carbocycles. The summed E-state index contributed by atoms with van der Waals surface area (Å²) in [7, 11) is 3.26. The summed E-state index contributed by atoms with van der Waals surface area (Å²) >= 11 is 0. The molecule has 2 rings (SSSR count). The maximum atomic E-state index is 10.9. The zero-order valence-corrected chi connectivity index (χ0v) is 10.7. The lowest BCUT2D eigenvalue weighted by atomic mass is 9.91. The van der Waals surface area contributed by atoms with E-state index < -0.39 is 5.97 Å². The molecule has 0 heterocycles.